The Morgan fingerprint density at radius 2 is 2.07 bits per heavy atom. The molecule has 0 unspecified atom stereocenters. The van der Waals surface area contributed by atoms with Crippen molar-refractivity contribution >= 4 is 0 Å². The number of hydrogen-bond donors (Lipinski definition) is 1. The third-order valence-electron chi connectivity index (χ3n) is 3.13. The van der Waals surface area contributed by atoms with Crippen molar-refractivity contribution in [3.8, 4) is 5.75 Å². The van der Waals surface area contributed by atoms with Crippen LogP contribution in [-0.4, -0.2) is 12.6 Å². The molecule has 0 saturated heterocycles. The lowest BCUT2D eigenvalue weighted by Crippen LogP contribution is -2.17. The van der Waals surface area contributed by atoms with Crippen molar-refractivity contribution in [2.24, 2.45) is 11.7 Å². The summed E-state index contributed by atoms with van der Waals surface area (Å²) in [5.74, 6) is 2.32. The summed E-state index contributed by atoms with van der Waals surface area (Å²) in [4.78, 5) is 0. The summed E-state index contributed by atoms with van der Waals surface area (Å²) < 4.78 is 5.41. The van der Waals surface area contributed by atoms with Gasteiger partial charge in [0.1, 0.15) is 5.75 Å². The SMILES string of the molecule is CCOc1ccc([C@@H]2C[C@@H]2[C@@H](C)N)cc1. The Morgan fingerprint density at radius 3 is 2.53 bits per heavy atom. The van der Waals surface area contributed by atoms with Crippen LogP contribution in [0.2, 0.25) is 0 Å². The standard InChI is InChI=1S/C13H19NO/c1-3-15-11-6-4-10(5-7-11)13-8-12(13)9(2)14/h4-7,9,12-13H,3,8,14H2,1-2H3/t9-,12-,13+/m1/s1. The van der Waals surface area contributed by atoms with Gasteiger partial charge in [-0.1, -0.05) is 12.1 Å². The fourth-order valence-corrected chi connectivity index (χ4v) is 2.16. The van der Waals surface area contributed by atoms with Crippen LogP contribution in [0, 0.1) is 5.92 Å². The largest absolute Gasteiger partial charge is 0.494 e. The molecule has 1 fully saturated rings. The molecule has 1 aromatic rings. The predicted octanol–water partition coefficient (Wildman–Crippen LogP) is 2.54. The van der Waals surface area contributed by atoms with Gasteiger partial charge in [0.05, 0.1) is 6.61 Å². The lowest BCUT2D eigenvalue weighted by molar-refractivity contribution is 0.340. The first kappa shape index (κ1) is 10.5. The second-order valence-corrected chi connectivity index (χ2v) is 4.37. The minimum atomic E-state index is 0.321. The fraction of sp³-hybridized carbons (Fsp3) is 0.538. The van der Waals surface area contributed by atoms with Gasteiger partial charge in [0, 0.05) is 6.04 Å². The second-order valence-electron chi connectivity index (χ2n) is 4.37. The number of benzene rings is 1. The molecule has 15 heavy (non-hydrogen) atoms. The Kier molecular flexibility index (Phi) is 2.96. The first-order valence-corrected chi connectivity index (χ1v) is 5.70. The molecule has 0 bridgehead atoms. The van der Waals surface area contributed by atoms with E-state index in [2.05, 4.69) is 31.2 Å². The number of hydrogen-bond acceptors (Lipinski definition) is 2. The number of ether oxygens (including phenoxy) is 1. The molecule has 3 atom stereocenters. The Labute approximate surface area is 91.4 Å². The maximum Gasteiger partial charge on any atom is 0.119 e. The average molecular weight is 205 g/mol. The number of nitrogens with two attached hydrogens (primary N) is 1. The molecule has 0 radical (unpaired) electrons. The van der Waals surface area contributed by atoms with Crippen molar-refractivity contribution in [1.82, 2.24) is 0 Å². The van der Waals surface area contributed by atoms with E-state index in [1.54, 1.807) is 0 Å². The molecule has 1 aromatic carbocycles. The fourth-order valence-electron chi connectivity index (χ4n) is 2.16. The van der Waals surface area contributed by atoms with Crippen LogP contribution in [0.15, 0.2) is 24.3 Å². The van der Waals surface area contributed by atoms with E-state index in [0.717, 1.165) is 12.4 Å². The molecule has 0 aromatic heterocycles. The highest BCUT2D eigenvalue weighted by Crippen LogP contribution is 2.49. The Balaban J connectivity index is 2.00. The number of rotatable bonds is 4. The molecule has 2 rings (SSSR count). The lowest BCUT2D eigenvalue weighted by Gasteiger charge is -2.06. The molecule has 1 aliphatic carbocycles. The van der Waals surface area contributed by atoms with E-state index in [9.17, 15) is 0 Å². The topological polar surface area (TPSA) is 35.2 Å². The summed E-state index contributed by atoms with van der Waals surface area (Å²) in [6, 6.07) is 8.75. The van der Waals surface area contributed by atoms with E-state index >= 15 is 0 Å². The van der Waals surface area contributed by atoms with Crippen LogP contribution >= 0.6 is 0 Å². The Bertz CT molecular complexity index is 318. The maximum absolute atomic E-state index is 5.88. The predicted molar refractivity (Wildman–Crippen MR) is 62.1 cm³/mol. The Hall–Kier alpha value is -1.02. The highest BCUT2D eigenvalue weighted by molar-refractivity contribution is 5.33. The quantitative estimate of drug-likeness (QED) is 0.819. The van der Waals surface area contributed by atoms with Crippen molar-refractivity contribution < 1.29 is 4.74 Å². The summed E-state index contributed by atoms with van der Waals surface area (Å²) in [5.41, 5.74) is 7.28. The molecule has 1 saturated carbocycles. The van der Waals surface area contributed by atoms with Gasteiger partial charge in [0.15, 0.2) is 0 Å². The maximum atomic E-state index is 5.88. The van der Waals surface area contributed by atoms with Gasteiger partial charge in [0.2, 0.25) is 0 Å². The van der Waals surface area contributed by atoms with Crippen LogP contribution in [0.4, 0.5) is 0 Å². The smallest absolute Gasteiger partial charge is 0.119 e. The van der Waals surface area contributed by atoms with E-state index in [-0.39, 0.29) is 0 Å². The van der Waals surface area contributed by atoms with E-state index < -0.39 is 0 Å². The van der Waals surface area contributed by atoms with E-state index in [0.29, 0.717) is 17.9 Å². The van der Waals surface area contributed by atoms with Gasteiger partial charge < -0.3 is 10.5 Å². The lowest BCUT2D eigenvalue weighted by atomic mass is 10.1. The molecule has 82 valence electrons. The van der Waals surface area contributed by atoms with E-state index in [1.165, 1.54) is 12.0 Å². The molecule has 0 amide bonds. The monoisotopic (exact) mass is 205 g/mol. The van der Waals surface area contributed by atoms with Gasteiger partial charge in [-0.2, -0.15) is 0 Å². The van der Waals surface area contributed by atoms with Crippen molar-refractivity contribution in [1.29, 1.82) is 0 Å². The van der Waals surface area contributed by atoms with Gasteiger partial charge in [-0.05, 0) is 49.8 Å². The van der Waals surface area contributed by atoms with Crippen molar-refractivity contribution in [2.75, 3.05) is 6.61 Å². The van der Waals surface area contributed by atoms with Gasteiger partial charge >= 0.3 is 0 Å². The molecule has 0 heterocycles. The van der Waals surface area contributed by atoms with Crippen LogP contribution in [0.5, 0.6) is 5.75 Å². The normalized spacial score (nSPS) is 26.1. The van der Waals surface area contributed by atoms with Crippen LogP contribution in [0.25, 0.3) is 0 Å². The molecular formula is C13H19NO. The molecule has 2 heteroatoms. The zero-order valence-corrected chi connectivity index (χ0v) is 9.44. The average Bonchev–Trinajstić information content (AvgIpc) is 2.99. The third-order valence-corrected chi connectivity index (χ3v) is 3.13. The molecule has 0 aliphatic heterocycles. The van der Waals surface area contributed by atoms with Gasteiger partial charge in [-0.15, -0.1) is 0 Å². The minimum absolute atomic E-state index is 0.321. The first-order valence-electron chi connectivity index (χ1n) is 5.70. The first-order chi connectivity index (χ1) is 7.22. The van der Waals surface area contributed by atoms with Crippen LogP contribution < -0.4 is 10.5 Å². The van der Waals surface area contributed by atoms with Crippen LogP contribution in [0.1, 0.15) is 31.7 Å². The second kappa shape index (κ2) is 4.23. The van der Waals surface area contributed by atoms with Gasteiger partial charge in [-0.25, -0.2) is 0 Å². The van der Waals surface area contributed by atoms with Crippen LogP contribution in [0.3, 0.4) is 0 Å². The summed E-state index contributed by atoms with van der Waals surface area (Å²) in [7, 11) is 0. The zero-order valence-electron chi connectivity index (χ0n) is 9.44. The molecule has 1 aliphatic rings. The summed E-state index contributed by atoms with van der Waals surface area (Å²) >= 11 is 0. The Morgan fingerprint density at radius 1 is 1.40 bits per heavy atom. The minimum Gasteiger partial charge on any atom is -0.494 e. The summed E-state index contributed by atoms with van der Waals surface area (Å²) in [6.07, 6.45) is 1.24. The highest BCUT2D eigenvalue weighted by Gasteiger charge is 2.40. The summed E-state index contributed by atoms with van der Waals surface area (Å²) in [6.45, 7) is 4.82. The zero-order chi connectivity index (χ0) is 10.8. The molecule has 0 spiro atoms. The van der Waals surface area contributed by atoms with E-state index in [1.807, 2.05) is 6.92 Å². The van der Waals surface area contributed by atoms with Gasteiger partial charge in [0.25, 0.3) is 0 Å². The van der Waals surface area contributed by atoms with E-state index in [4.69, 9.17) is 10.5 Å². The third kappa shape index (κ3) is 2.32. The molecule has 2 nitrogen and oxygen atoms in total. The highest BCUT2D eigenvalue weighted by atomic mass is 16.5. The van der Waals surface area contributed by atoms with Crippen molar-refractivity contribution in [2.45, 2.75) is 32.2 Å². The van der Waals surface area contributed by atoms with Crippen LogP contribution in [-0.2, 0) is 0 Å². The molecule has 2 N–H and O–H groups in total. The van der Waals surface area contributed by atoms with Crippen molar-refractivity contribution in [3.05, 3.63) is 29.8 Å². The summed E-state index contributed by atoms with van der Waals surface area (Å²) in [5, 5.41) is 0. The molecular weight excluding hydrogens is 186 g/mol. The van der Waals surface area contributed by atoms with Crippen molar-refractivity contribution in [3.63, 3.8) is 0 Å². The van der Waals surface area contributed by atoms with Gasteiger partial charge in [-0.3, -0.25) is 0 Å².